The number of carbonyl (C=O) groups excluding carboxylic acids is 1. The molecular weight excluding hydrogens is 514 g/mol. The van der Waals surface area contributed by atoms with Crippen LogP contribution in [0, 0.1) is 6.92 Å². The second-order valence-electron chi connectivity index (χ2n) is 8.49. The van der Waals surface area contributed by atoms with Crippen LogP contribution in [0.3, 0.4) is 0 Å². The number of halogens is 1. The van der Waals surface area contributed by atoms with E-state index in [4.69, 9.17) is 30.8 Å². The van der Waals surface area contributed by atoms with Gasteiger partial charge in [-0.25, -0.2) is 4.98 Å². The number of nitrogens with zero attached hydrogens (tertiary/aromatic N) is 2. The molecule has 8 nitrogen and oxygen atoms in total. The Morgan fingerprint density at radius 1 is 1.19 bits per heavy atom. The maximum absolute atomic E-state index is 13.7. The summed E-state index contributed by atoms with van der Waals surface area (Å²) in [6.45, 7) is 4.14. The summed E-state index contributed by atoms with van der Waals surface area (Å²) < 4.78 is 17.8. The van der Waals surface area contributed by atoms with E-state index < -0.39 is 5.25 Å². The molecule has 1 aliphatic heterocycles. The molecule has 37 heavy (non-hydrogen) atoms. The van der Waals surface area contributed by atoms with Gasteiger partial charge in [-0.05, 0) is 55.3 Å². The van der Waals surface area contributed by atoms with Crippen molar-refractivity contribution in [2.45, 2.75) is 30.8 Å². The first-order valence-electron chi connectivity index (χ1n) is 11.5. The lowest BCUT2D eigenvalue weighted by Gasteiger charge is -2.19. The second kappa shape index (κ2) is 10.4. The zero-order chi connectivity index (χ0) is 26.1. The Balaban J connectivity index is 1.46. The van der Waals surface area contributed by atoms with E-state index in [-0.39, 0.29) is 18.3 Å². The average Bonchev–Trinajstić information content (AvgIpc) is 3.37. The molecule has 1 unspecified atom stereocenters. The highest BCUT2D eigenvalue weighted by atomic mass is 35.5. The largest absolute Gasteiger partial charge is 0.495 e. The van der Waals surface area contributed by atoms with E-state index in [0.717, 1.165) is 11.1 Å². The number of aromatic nitrogens is 2. The molecule has 4 aromatic rings. The number of fused-ring (bicyclic) bond motifs is 2. The Kier molecular flexibility index (Phi) is 6.99. The number of carbonyl (C=O) groups is 1. The van der Waals surface area contributed by atoms with Crippen molar-refractivity contribution < 1.29 is 19.0 Å². The van der Waals surface area contributed by atoms with E-state index in [0.29, 0.717) is 50.6 Å². The van der Waals surface area contributed by atoms with Gasteiger partial charge in [0.05, 0.1) is 29.0 Å². The van der Waals surface area contributed by atoms with Crippen molar-refractivity contribution in [3.63, 3.8) is 0 Å². The third-order valence-corrected chi connectivity index (χ3v) is 7.46. The molecule has 0 radical (unpaired) electrons. The van der Waals surface area contributed by atoms with Crippen LogP contribution in [-0.4, -0.2) is 34.6 Å². The van der Waals surface area contributed by atoms with Gasteiger partial charge in [-0.15, -0.1) is 0 Å². The fourth-order valence-electron chi connectivity index (χ4n) is 3.99. The number of nitrogens with one attached hydrogen (secondary N) is 1. The molecule has 0 spiro atoms. The number of thioether (sulfide) groups is 1. The van der Waals surface area contributed by atoms with Crippen molar-refractivity contribution in [2.75, 3.05) is 13.9 Å². The van der Waals surface area contributed by atoms with Crippen LogP contribution in [0.4, 0.5) is 0 Å². The van der Waals surface area contributed by atoms with Crippen LogP contribution in [0.2, 0.25) is 5.02 Å². The number of ether oxygens (including phenoxy) is 3. The van der Waals surface area contributed by atoms with Crippen LogP contribution >= 0.6 is 23.4 Å². The number of amides is 1. The Labute approximate surface area is 222 Å². The molecule has 0 aliphatic carbocycles. The predicted octanol–water partition coefficient (Wildman–Crippen LogP) is 4.88. The molecule has 5 rings (SSSR count). The summed E-state index contributed by atoms with van der Waals surface area (Å²) in [5.41, 5.74) is 2.45. The quantitative estimate of drug-likeness (QED) is 0.265. The molecule has 1 aromatic heterocycles. The van der Waals surface area contributed by atoms with Gasteiger partial charge in [0.15, 0.2) is 16.7 Å². The van der Waals surface area contributed by atoms with Crippen molar-refractivity contribution in [3.8, 4) is 22.9 Å². The molecular formula is C27H24ClN3O5S. The minimum Gasteiger partial charge on any atom is -0.495 e. The topological polar surface area (TPSA) is 91.7 Å². The summed E-state index contributed by atoms with van der Waals surface area (Å²) in [6, 6.07) is 16.1. The number of rotatable bonds is 7. The first kappa shape index (κ1) is 25.0. The van der Waals surface area contributed by atoms with Gasteiger partial charge in [0.1, 0.15) is 5.75 Å². The van der Waals surface area contributed by atoms with E-state index in [1.807, 2.05) is 31.2 Å². The van der Waals surface area contributed by atoms with Crippen LogP contribution in [0.1, 0.15) is 18.1 Å². The van der Waals surface area contributed by atoms with E-state index >= 15 is 0 Å². The van der Waals surface area contributed by atoms with Crippen LogP contribution in [0.5, 0.6) is 17.2 Å². The maximum atomic E-state index is 13.7. The third-order valence-electron chi connectivity index (χ3n) is 6.00. The molecule has 0 fully saturated rings. The van der Waals surface area contributed by atoms with E-state index in [2.05, 4.69) is 5.32 Å². The minimum absolute atomic E-state index is 0.192. The summed E-state index contributed by atoms with van der Waals surface area (Å²) in [5, 5.41) is 3.75. The molecule has 1 atom stereocenters. The summed E-state index contributed by atoms with van der Waals surface area (Å²) in [5.74, 6) is 1.57. The van der Waals surface area contributed by atoms with Gasteiger partial charge in [-0.3, -0.25) is 14.2 Å². The lowest BCUT2D eigenvalue weighted by Crippen LogP contribution is -2.31. The van der Waals surface area contributed by atoms with Gasteiger partial charge in [0, 0.05) is 17.6 Å². The van der Waals surface area contributed by atoms with Gasteiger partial charge >= 0.3 is 0 Å². The average molecular weight is 538 g/mol. The van der Waals surface area contributed by atoms with Crippen LogP contribution in [0.15, 0.2) is 64.5 Å². The van der Waals surface area contributed by atoms with Crippen molar-refractivity contribution in [1.29, 1.82) is 0 Å². The van der Waals surface area contributed by atoms with Crippen LogP contribution in [0.25, 0.3) is 16.6 Å². The molecule has 1 amide bonds. The Morgan fingerprint density at radius 2 is 1.97 bits per heavy atom. The number of para-hydroxylation sites is 1. The fourth-order valence-corrected chi connectivity index (χ4v) is 5.08. The molecule has 1 N–H and O–H groups in total. The van der Waals surface area contributed by atoms with E-state index in [1.165, 1.54) is 23.4 Å². The second-order valence-corrected chi connectivity index (χ2v) is 10.2. The summed E-state index contributed by atoms with van der Waals surface area (Å²) >= 11 is 7.51. The SMILES string of the molecule is COc1cc(Cl)c(C)cc1-n1c(SC(C)C(=O)NCc2ccc3c(c2)OCO3)nc2ccccc2c1=O. The van der Waals surface area contributed by atoms with Crippen molar-refractivity contribution in [1.82, 2.24) is 14.9 Å². The molecule has 0 saturated heterocycles. The summed E-state index contributed by atoms with van der Waals surface area (Å²) in [4.78, 5) is 31.4. The number of aryl methyl sites for hydroxylation is 1. The summed E-state index contributed by atoms with van der Waals surface area (Å²) in [6.07, 6.45) is 0. The molecule has 0 bridgehead atoms. The fraction of sp³-hybridized carbons (Fsp3) is 0.222. The third kappa shape index (κ3) is 4.97. The van der Waals surface area contributed by atoms with Gasteiger partial charge in [-0.1, -0.05) is 41.6 Å². The Morgan fingerprint density at radius 3 is 2.78 bits per heavy atom. The first-order valence-corrected chi connectivity index (χ1v) is 12.8. The van der Waals surface area contributed by atoms with Gasteiger partial charge < -0.3 is 19.5 Å². The highest BCUT2D eigenvalue weighted by Gasteiger charge is 2.23. The molecule has 0 saturated carbocycles. The number of benzene rings is 3. The zero-order valence-corrected chi connectivity index (χ0v) is 22.0. The first-order chi connectivity index (χ1) is 17.9. The van der Waals surface area contributed by atoms with Crippen molar-refractivity contribution in [2.24, 2.45) is 0 Å². The molecule has 3 aromatic carbocycles. The normalized spacial score (nSPS) is 13.0. The molecule has 1 aliphatic rings. The smallest absolute Gasteiger partial charge is 0.266 e. The summed E-state index contributed by atoms with van der Waals surface area (Å²) in [7, 11) is 1.52. The number of hydrogen-bond acceptors (Lipinski definition) is 7. The van der Waals surface area contributed by atoms with Crippen molar-refractivity contribution >= 4 is 40.2 Å². The van der Waals surface area contributed by atoms with E-state index in [1.54, 1.807) is 37.3 Å². The highest BCUT2D eigenvalue weighted by Crippen LogP contribution is 2.34. The van der Waals surface area contributed by atoms with Gasteiger partial charge in [-0.2, -0.15) is 0 Å². The van der Waals surface area contributed by atoms with Gasteiger partial charge in [0.25, 0.3) is 5.56 Å². The number of hydrogen-bond donors (Lipinski definition) is 1. The Hall–Kier alpha value is -3.69. The lowest BCUT2D eigenvalue weighted by molar-refractivity contribution is -0.120. The predicted molar refractivity (Wildman–Crippen MR) is 143 cm³/mol. The van der Waals surface area contributed by atoms with Crippen molar-refractivity contribution in [3.05, 3.63) is 81.1 Å². The Bertz CT molecular complexity index is 1570. The van der Waals surface area contributed by atoms with E-state index in [9.17, 15) is 9.59 Å². The minimum atomic E-state index is -0.548. The number of methoxy groups -OCH3 is 1. The molecule has 10 heteroatoms. The van der Waals surface area contributed by atoms with Crippen LogP contribution < -0.4 is 25.1 Å². The van der Waals surface area contributed by atoms with Crippen LogP contribution in [-0.2, 0) is 11.3 Å². The van der Waals surface area contributed by atoms with Gasteiger partial charge in [0.2, 0.25) is 12.7 Å². The maximum Gasteiger partial charge on any atom is 0.266 e. The lowest BCUT2D eigenvalue weighted by atomic mass is 10.2. The standard InChI is InChI=1S/C27H24ClN3O5S/c1-15-10-21(23(34-3)12-19(15)28)31-26(33)18-6-4-5-7-20(18)30-27(31)37-16(2)25(32)29-13-17-8-9-22-24(11-17)36-14-35-22/h4-12,16H,13-14H2,1-3H3,(H,29,32). The monoisotopic (exact) mass is 537 g/mol. The highest BCUT2D eigenvalue weighted by molar-refractivity contribution is 8.00. The molecule has 2 heterocycles. The zero-order valence-electron chi connectivity index (χ0n) is 20.4. The molecule has 190 valence electrons.